The lowest BCUT2D eigenvalue weighted by molar-refractivity contribution is 0.0582. The summed E-state index contributed by atoms with van der Waals surface area (Å²) in [5.41, 5.74) is 1.75. The van der Waals surface area contributed by atoms with Crippen molar-refractivity contribution in [2.24, 2.45) is 0 Å². The number of rotatable bonds is 8. The minimum absolute atomic E-state index is 0.0351. The standard InChI is InChI=1S/C17H26N2O2/c1-2-11-18-15-9-7-14(8-10-15)17(20)19-12-13-21-16-5-3-4-6-16/h7-10,16,18H,2-6,11-13H2,1H3,(H,19,20). The van der Waals surface area contributed by atoms with Crippen LogP contribution >= 0.6 is 0 Å². The van der Waals surface area contributed by atoms with E-state index in [1.165, 1.54) is 25.7 Å². The zero-order chi connectivity index (χ0) is 14.9. The molecule has 1 aromatic carbocycles. The van der Waals surface area contributed by atoms with E-state index in [-0.39, 0.29) is 5.91 Å². The first-order chi connectivity index (χ1) is 10.3. The van der Waals surface area contributed by atoms with E-state index in [1.54, 1.807) is 0 Å². The van der Waals surface area contributed by atoms with Gasteiger partial charge in [0.05, 0.1) is 12.7 Å². The summed E-state index contributed by atoms with van der Waals surface area (Å²) in [5, 5.41) is 6.19. The van der Waals surface area contributed by atoms with Gasteiger partial charge in [-0.2, -0.15) is 0 Å². The molecule has 4 heteroatoms. The molecule has 0 aromatic heterocycles. The first-order valence-electron chi connectivity index (χ1n) is 8.03. The lowest BCUT2D eigenvalue weighted by Crippen LogP contribution is -2.28. The third kappa shape index (κ3) is 5.38. The van der Waals surface area contributed by atoms with E-state index in [9.17, 15) is 4.79 Å². The van der Waals surface area contributed by atoms with Crippen molar-refractivity contribution in [3.8, 4) is 0 Å². The highest BCUT2D eigenvalue weighted by Crippen LogP contribution is 2.20. The monoisotopic (exact) mass is 290 g/mol. The second-order valence-corrected chi connectivity index (χ2v) is 5.54. The van der Waals surface area contributed by atoms with Gasteiger partial charge in [-0.3, -0.25) is 4.79 Å². The topological polar surface area (TPSA) is 50.4 Å². The molecule has 1 aromatic rings. The van der Waals surface area contributed by atoms with Crippen molar-refractivity contribution in [1.82, 2.24) is 5.32 Å². The number of nitrogens with one attached hydrogen (secondary N) is 2. The molecule has 0 radical (unpaired) electrons. The van der Waals surface area contributed by atoms with E-state index in [2.05, 4.69) is 17.6 Å². The molecule has 0 heterocycles. The van der Waals surface area contributed by atoms with Crippen molar-refractivity contribution in [3.63, 3.8) is 0 Å². The predicted molar refractivity (Wildman–Crippen MR) is 85.8 cm³/mol. The Hall–Kier alpha value is -1.55. The second kappa shape index (κ2) is 8.67. The molecule has 116 valence electrons. The number of carbonyl (C=O) groups excluding carboxylic acids is 1. The highest BCUT2D eigenvalue weighted by Gasteiger charge is 2.14. The van der Waals surface area contributed by atoms with E-state index >= 15 is 0 Å². The van der Waals surface area contributed by atoms with E-state index in [0.29, 0.717) is 24.8 Å². The first kappa shape index (κ1) is 15.8. The van der Waals surface area contributed by atoms with Crippen molar-refractivity contribution in [2.75, 3.05) is 25.0 Å². The van der Waals surface area contributed by atoms with Crippen LogP contribution in [0, 0.1) is 0 Å². The molecule has 2 N–H and O–H groups in total. The summed E-state index contributed by atoms with van der Waals surface area (Å²) < 4.78 is 5.73. The van der Waals surface area contributed by atoms with Gasteiger partial charge in [-0.1, -0.05) is 19.8 Å². The van der Waals surface area contributed by atoms with Crippen LogP contribution in [0.5, 0.6) is 0 Å². The van der Waals surface area contributed by atoms with E-state index in [1.807, 2.05) is 24.3 Å². The van der Waals surface area contributed by atoms with Crippen LogP contribution in [0.15, 0.2) is 24.3 Å². The van der Waals surface area contributed by atoms with Gasteiger partial charge in [0.2, 0.25) is 0 Å². The summed E-state index contributed by atoms with van der Waals surface area (Å²) in [6.45, 7) is 4.25. The fraction of sp³-hybridized carbons (Fsp3) is 0.588. The maximum Gasteiger partial charge on any atom is 0.251 e. The fourth-order valence-corrected chi connectivity index (χ4v) is 2.56. The van der Waals surface area contributed by atoms with Gasteiger partial charge >= 0.3 is 0 Å². The minimum atomic E-state index is -0.0351. The van der Waals surface area contributed by atoms with Crippen LogP contribution in [0.2, 0.25) is 0 Å². The summed E-state index contributed by atoms with van der Waals surface area (Å²) in [4.78, 5) is 12.0. The Kier molecular flexibility index (Phi) is 6.54. The Morgan fingerprint density at radius 1 is 1.19 bits per heavy atom. The molecule has 1 aliphatic rings. The van der Waals surface area contributed by atoms with Gasteiger partial charge in [0.15, 0.2) is 0 Å². The molecule has 1 amide bonds. The molecule has 0 bridgehead atoms. The summed E-state index contributed by atoms with van der Waals surface area (Å²) in [6.07, 6.45) is 6.37. The van der Waals surface area contributed by atoms with E-state index in [0.717, 1.165) is 18.7 Å². The summed E-state index contributed by atoms with van der Waals surface area (Å²) in [7, 11) is 0. The van der Waals surface area contributed by atoms with Gasteiger partial charge in [-0.05, 0) is 43.5 Å². The number of benzene rings is 1. The Balaban J connectivity index is 1.67. The number of hydrogen-bond acceptors (Lipinski definition) is 3. The van der Waals surface area contributed by atoms with Gasteiger partial charge in [-0.25, -0.2) is 0 Å². The van der Waals surface area contributed by atoms with Crippen LogP contribution < -0.4 is 10.6 Å². The maximum absolute atomic E-state index is 12.0. The smallest absolute Gasteiger partial charge is 0.251 e. The highest BCUT2D eigenvalue weighted by molar-refractivity contribution is 5.94. The quantitative estimate of drug-likeness (QED) is 0.723. The first-order valence-corrected chi connectivity index (χ1v) is 8.03. The molecule has 0 aliphatic heterocycles. The van der Waals surface area contributed by atoms with Crippen molar-refractivity contribution in [1.29, 1.82) is 0 Å². The van der Waals surface area contributed by atoms with Gasteiger partial charge in [0.25, 0.3) is 5.91 Å². The van der Waals surface area contributed by atoms with Crippen LogP contribution in [0.1, 0.15) is 49.4 Å². The third-order valence-electron chi connectivity index (χ3n) is 3.77. The lowest BCUT2D eigenvalue weighted by Gasteiger charge is -2.11. The molecule has 1 saturated carbocycles. The zero-order valence-corrected chi connectivity index (χ0v) is 12.9. The number of carbonyl (C=O) groups is 1. The average Bonchev–Trinajstić information content (AvgIpc) is 3.03. The van der Waals surface area contributed by atoms with Gasteiger partial charge in [0, 0.05) is 24.3 Å². The molecule has 0 unspecified atom stereocenters. The normalized spacial score (nSPS) is 15.1. The largest absolute Gasteiger partial charge is 0.385 e. The SMILES string of the molecule is CCCNc1ccc(C(=O)NCCOC2CCCC2)cc1. The average molecular weight is 290 g/mol. The number of amides is 1. The van der Waals surface area contributed by atoms with E-state index in [4.69, 9.17) is 4.74 Å². The van der Waals surface area contributed by atoms with Crippen LogP contribution in [0.3, 0.4) is 0 Å². The lowest BCUT2D eigenvalue weighted by atomic mass is 10.2. The molecule has 0 atom stereocenters. The predicted octanol–water partition coefficient (Wildman–Crippen LogP) is 3.20. The summed E-state index contributed by atoms with van der Waals surface area (Å²) in [6, 6.07) is 7.59. The Bertz CT molecular complexity index is 425. The molecular formula is C17H26N2O2. The third-order valence-corrected chi connectivity index (χ3v) is 3.77. The number of hydrogen-bond donors (Lipinski definition) is 2. The molecule has 0 saturated heterocycles. The highest BCUT2D eigenvalue weighted by atomic mass is 16.5. The Morgan fingerprint density at radius 2 is 1.90 bits per heavy atom. The number of ether oxygens (including phenoxy) is 1. The maximum atomic E-state index is 12.0. The molecule has 0 spiro atoms. The van der Waals surface area contributed by atoms with Crippen molar-refractivity contribution >= 4 is 11.6 Å². The van der Waals surface area contributed by atoms with Crippen molar-refractivity contribution in [2.45, 2.75) is 45.1 Å². The van der Waals surface area contributed by atoms with Gasteiger partial charge < -0.3 is 15.4 Å². The van der Waals surface area contributed by atoms with Crippen LogP contribution in [0.4, 0.5) is 5.69 Å². The van der Waals surface area contributed by atoms with Crippen LogP contribution in [-0.4, -0.2) is 31.7 Å². The molecule has 4 nitrogen and oxygen atoms in total. The van der Waals surface area contributed by atoms with Crippen molar-refractivity contribution in [3.05, 3.63) is 29.8 Å². The van der Waals surface area contributed by atoms with E-state index < -0.39 is 0 Å². The fourth-order valence-electron chi connectivity index (χ4n) is 2.56. The second-order valence-electron chi connectivity index (χ2n) is 5.54. The number of anilines is 1. The Labute approximate surface area is 127 Å². The molecule has 2 rings (SSSR count). The molecule has 21 heavy (non-hydrogen) atoms. The van der Waals surface area contributed by atoms with Crippen molar-refractivity contribution < 1.29 is 9.53 Å². The Morgan fingerprint density at radius 3 is 2.57 bits per heavy atom. The van der Waals surface area contributed by atoms with Gasteiger partial charge in [0.1, 0.15) is 0 Å². The zero-order valence-electron chi connectivity index (χ0n) is 12.9. The van der Waals surface area contributed by atoms with Crippen LogP contribution in [0.25, 0.3) is 0 Å². The van der Waals surface area contributed by atoms with Gasteiger partial charge in [-0.15, -0.1) is 0 Å². The molecule has 1 aliphatic carbocycles. The van der Waals surface area contributed by atoms with Crippen LogP contribution in [-0.2, 0) is 4.74 Å². The summed E-state index contributed by atoms with van der Waals surface area (Å²) in [5.74, 6) is -0.0351. The molecule has 1 fully saturated rings. The summed E-state index contributed by atoms with van der Waals surface area (Å²) >= 11 is 0. The minimum Gasteiger partial charge on any atom is -0.385 e. The molecular weight excluding hydrogens is 264 g/mol.